The van der Waals surface area contributed by atoms with Crippen LogP contribution >= 0.6 is 0 Å². The molecule has 5 nitrogen and oxygen atoms in total. The molecule has 3 aromatic carbocycles. The maximum atomic E-state index is 12.3. The highest BCUT2D eigenvalue weighted by Crippen LogP contribution is 2.23. The Morgan fingerprint density at radius 2 is 1.57 bits per heavy atom. The topological polar surface area (TPSA) is 53.4 Å². The number of benzene rings is 3. The lowest BCUT2D eigenvalue weighted by molar-refractivity contribution is 0.202. The predicted molar refractivity (Wildman–Crippen MR) is 106 cm³/mol. The molecule has 0 saturated heterocycles. The molecule has 0 unspecified atom stereocenters. The van der Waals surface area contributed by atoms with Crippen molar-refractivity contribution in [2.24, 2.45) is 0 Å². The van der Waals surface area contributed by atoms with E-state index in [1.165, 1.54) is 10.9 Å². The van der Waals surface area contributed by atoms with E-state index in [0.29, 0.717) is 18.1 Å². The summed E-state index contributed by atoms with van der Waals surface area (Å²) in [6.45, 7) is 0.488. The Bertz CT molecular complexity index is 1060. The molecule has 0 aliphatic heterocycles. The number of ether oxygens (including phenoxy) is 2. The van der Waals surface area contributed by atoms with E-state index >= 15 is 0 Å². The highest BCUT2D eigenvalue weighted by Gasteiger charge is 2.11. The number of carbonyl (C=O) groups is 1. The first kappa shape index (κ1) is 17.5. The molecule has 0 aliphatic rings. The highest BCUT2D eigenvalue weighted by molar-refractivity contribution is 5.75. The maximum Gasteiger partial charge on any atom is 0.424 e. The van der Waals surface area contributed by atoms with Crippen LogP contribution < -0.4 is 9.47 Å². The molecule has 0 atom stereocenters. The Morgan fingerprint density at radius 1 is 0.857 bits per heavy atom. The van der Waals surface area contributed by atoms with E-state index in [1.54, 1.807) is 18.3 Å². The van der Waals surface area contributed by atoms with Gasteiger partial charge in [-0.1, -0.05) is 60.7 Å². The van der Waals surface area contributed by atoms with Gasteiger partial charge < -0.3 is 9.47 Å². The van der Waals surface area contributed by atoms with Crippen LogP contribution in [0.2, 0.25) is 0 Å². The molecular weight excluding hydrogens is 352 g/mol. The zero-order valence-electron chi connectivity index (χ0n) is 15.1. The number of hydrogen-bond donors (Lipinski definition) is 0. The fourth-order valence-corrected chi connectivity index (χ4v) is 2.70. The first-order valence-electron chi connectivity index (χ1n) is 8.86. The molecule has 0 N–H and O–H groups in total. The summed E-state index contributed by atoms with van der Waals surface area (Å²) in [6, 6.07) is 26.5. The van der Waals surface area contributed by atoms with Gasteiger partial charge in [-0.2, -0.15) is 0 Å². The lowest BCUT2D eigenvalue weighted by Crippen LogP contribution is -2.14. The number of carbonyl (C=O) groups excluding carboxylic acids is 1. The van der Waals surface area contributed by atoms with Crippen molar-refractivity contribution in [2.45, 2.75) is 6.61 Å². The van der Waals surface area contributed by atoms with Gasteiger partial charge in [-0.15, -0.1) is 0 Å². The number of hydrogen-bond acceptors (Lipinski definition) is 4. The fraction of sp³-hybridized carbons (Fsp3) is 0.0435. The average Bonchev–Trinajstić information content (AvgIpc) is 3.25. The molecule has 1 heterocycles. The molecule has 0 bridgehead atoms. The van der Waals surface area contributed by atoms with E-state index in [-0.39, 0.29) is 0 Å². The van der Waals surface area contributed by atoms with E-state index in [4.69, 9.17) is 9.47 Å². The molecule has 5 heteroatoms. The zero-order chi connectivity index (χ0) is 19.2. The number of nitrogens with zero attached hydrogens (tertiary/aromatic N) is 2. The summed E-state index contributed by atoms with van der Waals surface area (Å²) >= 11 is 0. The molecule has 0 aliphatic carbocycles. The van der Waals surface area contributed by atoms with Crippen LogP contribution in [0.5, 0.6) is 11.5 Å². The minimum atomic E-state index is -0.513. The van der Waals surface area contributed by atoms with E-state index in [2.05, 4.69) is 4.98 Å². The van der Waals surface area contributed by atoms with Crippen LogP contribution in [0.4, 0.5) is 4.79 Å². The molecule has 0 saturated carbocycles. The molecule has 28 heavy (non-hydrogen) atoms. The van der Waals surface area contributed by atoms with Crippen molar-refractivity contribution in [3.8, 4) is 22.8 Å². The van der Waals surface area contributed by atoms with Gasteiger partial charge in [0, 0.05) is 11.8 Å². The van der Waals surface area contributed by atoms with E-state index in [9.17, 15) is 4.79 Å². The number of para-hydroxylation sites is 1. The minimum Gasteiger partial charge on any atom is -0.489 e. The van der Waals surface area contributed by atoms with Crippen molar-refractivity contribution in [1.29, 1.82) is 0 Å². The monoisotopic (exact) mass is 370 g/mol. The van der Waals surface area contributed by atoms with Gasteiger partial charge in [0.15, 0.2) is 0 Å². The fourth-order valence-electron chi connectivity index (χ4n) is 2.70. The van der Waals surface area contributed by atoms with Gasteiger partial charge in [0.1, 0.15) is 24.4 Å². The van der Waals surface area contributed by atoms with Crippen LogP contribution in [0.15, 0.2) is 97.5 Å². The van der Waals surface area contributed by atoms with Crippen LogP contribution in [0, 0.1) is 0 Å². The molecule has 4 rings (SSSR count). The molecule has 1 aromatic heterocycles. The van der Waals surface area contributed by atoms with Crippen LogP contribution in [0.25, 0.3) is 11.3 Å². The van der Waals surface area contributed by atoms with E-state index < -0.39 is 6.09 Å². The third kappa shape index (κ3) is 4.27. The van der Waals surface area contributed by atoms with Crippen LogP contribution in [-0.2, 0) is 6.61 Å². The second-order valence-corrected chi connectivity index (χ2v) is 6.15. The first-order chi connectivity index (χ1) is 13.8. The number of imidazole rings is 1. The molecule has 138 valence electrons. The summed E-state index contributed by atoms with van der Waals surface area (Å²) < 4.78 is 12.5. The standard InChI is InChI=1S/C23H18N2O3/c26-23(28-20-11-5-2-6-12-20)25-15-22(24-17-25)19-10-7-13-21(14-19)27-16-18-8-3-1-4-9-18/h1-15,17H,16H2. The van der Waals surface area contributed by atoms with Crippen molar-refractivity contribution in [3.05, 3.63) is 103 Å². The number of aromatic nitrogens is 2. The van der Waals surface area contributed by atoms with Crippen LogP contribution in [-0.4, -0.2) is 15.6 Å². The van der Waals surface area contributed by atoms with Crippen molar-refractivity contribution in [3.63, 3.8) is 0 Å². The summed E-state index contributed by atoms with van der Waals surface area (Å²) in [5, 5.41) is 0. The highest BCUT2D eigenvalue weighted by atomic mass is 16.6. The molecule has 0 spiro atoms. The summed E-state index contributed by atoms with van der Waals surface area (Å²) in [4.78, 5) is 16.6. The first-order valence-corrected chi connectivity index (χ1v) is 8.86. The van der Waals surface area contributed by atoms with Gasteiger partial charge in [0.05, 0.1) is 5.69 Å². The Labute approximate surface area is 162 Å². The van der Waals surface area contributed by atoms with Gasteiger partial charge in [0.25, 0.3) is 0 Å². The van der Waals surface area contributed by atoms with Gasteiger partial charge in [-0.3, -0.25) is 0 Å². The molecule has 4 aromatic rings. The van der Waals surface area contributed by atoms with Gasteiger partial charge in [-0.25, -0.2) is 14.3 Å². The molecular formula is C23H18N2O3. The lowest BCUT2D eigenvalue weighted by atomic mass is 10.1. The van der Waals surface area contributed by atoms with E-state index in [1.807, 2.05) is 72.8 Å². The SMILES string of the molecule is O=C(Oc1ccccc1)n1cnc(-c2cccc(OCc3ccccc3)c2)c1. The summed E-state index contributed by atoms with van der Waals surface area (Å²) in [5.41, 5.74) is 2.62. The third-order valence-corrected chi connectivity index (χ3v) is 4.12. The normalized spacial score (nSPS) is 10.4. The Morgan fingerprint density at radius 3 is 2.36 bits per heavy atom. The molecule has 0 fully saturated rings. The maximum absolute atomic E-state index is 12.3. The van der Waals surface area contributed by atoms with Gasteiger partial charge in [-0.05, 0) is 29.8 Å². The Kier molecular flexibility index (Phi) is 5.15. The smallest absolute Gasteiger partial charge is 0.424 e. The van der Waals surface area contributed by atoms with Gasteiger partial charge >= 0.3 is 6.09 Å². The van der Waals surface area contributed by atoms with Crippen molar-refractivity contribution in [2.75, 3.05) is 0 Å². The summed E-state index contributed by atoms with van der Waals surface area (Å²) in [6.07, 6.45) is 2.57. The van der Waals surface area contributed by atoms with Crippen LogP contribution in [0.1, 0.15) is 5.56 Å². The Balaban J connectivity index is 1.45. The largest absolute Gasteiger partial charge is 0.489 e. The number of rotatable bonds is 5. The summed E-state index contributed by atoms with van der Waals surface area (Å²) in [5.74, 6) is 1.22. The van der Waals surface area contributed by atoms with Crippen molar-refractivity contribution in [1.82, 2.24) is 9.55 Å². The quantitative estimate of drug-likeness (QED) is 0.486. The average molecular weight is 370 g/mol. The van der Waals surface area contributed by atoms with Crippen LogP contribution in [0.3, 0.4) is 0 Å². The predicted octanol–water partition coefficient (Wildman–Crippen LogP) is 5.18. The third-order valence-electron chi connectivity index (χ3n) is 4.12. The molecule has 0 radical (unpaired) electrons. The van der Waals surface area contributed by atoms with E-state index in [0.717, 1.165) is 16.9 Å². The minimum absolute atomic E-state index is 0.485. The second kappa shape index (κ2) is 8.22. The van der Waals surface area contributed by atoms with Crippen molar-refractivity contribution >= 4 is 6.09 Å². The zero-order valence-corrected chi connectivity index (χ0v) is 15.1. The lowest BCUT2D eigenvalue weighted by Gasteiger charge is -2.07. The summed E-state index contributed by atoms with van der Waals surface area (Å²) in [7, 11) is 0. The van der Waals surface area contributed by atoms with Gasteiger partial charge in [0.2, 0.25) is 0 Å². The Hall–Kier alpha value is -3.86. The van der Waals surface area contributed by atoms with Crippen molar-refractivity contribution < 1.29 is 14.3 Å². The second-order valence-electron chi connectivity index (χ2n) is 6.15. The molecule has 0 amide bonds.